The number of rotatable bonds is 0. The third kappa shape index (κ3) is 1.84. The van der Waals surface area contributed by atoms with Gasteiger partial charge in [0.25, 0.3) is 0 Å². The highest BCUT2D eigenvalue weighted by molar-refractivity contribution is 6.44. The van der Waals surface area contributed by atoms with Gasteiger partial charge in [0.2, 0.25) is 11.6 Å². The van der Waals surface area contributed by atoms with Crippen molar-refractivity contribution in [3.05, 3.63) is 35.4 Å². The minimum atomic E-state index is -0.323. The van der Waals surface area contributed by atoms with Crippen molar-refractivity contribution >= 4 is 11.6 Å². The molecule has 0 saturated heterocycles. The van der Waals surface area contributed by atoms with Gasteiger partial charge in [-0.1, -0.05) is 38.1 Å². The molecule has 1 aliphatic carbocycles. The lowest BCUT2D eigenvalue weighted by Crippen LogP contribution is -2.20. The van der Waals surface area contributed by atoms with Crippen LogP contribution < -0.4 is 0 Å². The minimum absolute atomic E-state index is 0.112. The first kappa shape index (κ1) is 10.1. The van der Waals surface area contributed by atoms with Crippen LogP contribution in [0.2, 0.25) is 0 Å². The van der Waals surface area contributed by atoms with Gasteiger partial charge in [0.15, 0.2) is 0 Å². The third-order valence-electron chi connectivity index (χ3n) is 2.82. The minimum Gasteiger partial charge on any atom is -0.290 e. The summed E-state index contributed by atoms with van der Waals surface area (Å²) >= 11 is 0. The van der Waals surface area contributed by atoms with Crippen LogP contribution in [0.3, 0.4) is 0 Å². The van der Waals surface area contributed by atoms with Crippen LogP contribution in [0.1, 0.15) is 36.2 Å². The van der Waals surface area contributed by atoms with Crippen molar-refractivity contribution in [2.24, 2.45) is 5.41 Å². The van der Waals surface area contributed by atoms with Gasteiger partial charge in [0.05, 0.1) is 0 Å². The van der Waals surface area contributed by atoms with Gasteiger partial charge in [-0.05, 0) is 17.4 Å². The van der Waals surface area contributed by atoms with Crippen LogP contribution in [0.15, 0.2) is 24.3 Å². The van der Waals surface area contributed by atoms with E-state index >= 15 is 0 Å². The predicted molar refractivity (Wildman–Crippen MR) is 57.9 cm³/mol. The number of carbonyl (C=O) groups is 2. The number of hydrogen-bond donors (Lipinski definition) is 0. The van der Waals surface area contributed by atoms with E-state index in [1.54, 1.807) is 6.07 Å². The summed E-state index contributed by atoms with van der Waals surface area (Å²) in [5.74, 6) is -0.582. The number of ketones is 2. The summed E-state index contributed by atoms with van der Waals surface area (Å²) in [6, 6.07) is 7.41. The van der Waals surface area contributed by atoms with Crippen LogP contribution in [-0.4, -0.2) is 11.6 Å². The van der Waals surface area contributed by atoms with E-state index in [9.17, 15) is 9.59 Å². The predicted octanol–water partition coefficient (Wildman–Crippen LogP) is 2.41. The molecule has 0 aromatic heterocycles. The summed E-state index contributed by atoms with van der Waals surface area (Å²) in [6.45, 7) is 4.06. The van der Waals surface area contributed by atoms with Crippen molar-refractivity contribution in [2.75, 3.05) is 0 Å². The van der Waals surface area contributed by atoms with Crippen molar-refractivity contribution in [1.82, 2.24) is 0 Å². The Hall–Kier alpha value is -1.44. The number of fused-ring (bicyclic) bond motifs is 1. The van der Waals surface area contributed by atoms with E-state index in [0.29, 0.717) is 12.0 Å². The average molecular weight is 202 g/mol. The number of hydrogen-bond acceptors (Lipinski definition) is 2. The Morgan fingerprint density at radius 3 is 2.47 bits per heavy atom. The quantitative estimate of drug-likeness (QED) is 0.478. The average Bonchev–Trinajstić information content (AvgIpc) is 2.23. The molecule has 2 heteroatoms. The van der Waals surface area contributed by atoms with E-state index in [0.717, 1.165) is 12.0 Å². The molecule has 2 rings (SSSR count). The smallest absolute Gasteiger partial charge is 0.228 e. The van der Waals surface area contributed by atoms with Gasteiger partial charge < -0.3 is 0 Å². The number of benzene rings is 1. The van der Waals surface area contributed by atoms with Crippen LogP contribution in [0.4, 0.5) is 0 Å². The summed E-state index contributed by atoms with van der Waals surface area (Å²) in [6.07, 6.45) is 1.14. The van der Waals surface area contributed by atoms with Crippen LogP contribution in [0.5, 0.6) is 0 Å². The van der Waals surface area contributed by atoms with Crippen molar-refractivity contribution in [1.29, 1.82) is 0 Å². The fourth-order valence-corrected chi connectivity index (χ4v) is 2.14. The Kier molecular flexibility index (Phi) is 2.22. The fourth-order valence-electron chi connectivity index (χ4n) is 2.14. The summed E-state index contributed by atoms with van der Waals surface area (Å²) in [5, 5.41) is 0. The second kappa shape index (κ2) is 3.30. The molecule has 0 fully saturated rings. The molecule has 0 spiro atoms. The van der Waals surface area contributed by atoms with Crippen LogP contribution in [-0.2, 0) is 11.2 Å². The van der Waals surface area contributed by atoms with Gasteiger partial charge in [0.1, 0.15) is 0 Å². The van der Waals surface area contributed by atoms with Gasteiger partial charge in [0, 0.05) is 12.0 Å². The summed E-state index contributed by atoms with van der Waals surface area (Å²) in [7, 11) is 0. The first-order valence-corrected chi connectivity index (χ1v) is 5.15. The molecule has 0 radical (unpaired) electrons. The topological polar surface area (TPSA) is 34.1 Å². The zero-order valence-electron chi connectivity index (χ0n) is 9.04. The molecule has 0 heterocycles. The second-order valence-corrected chi connectivity index (χ2v) is 4.93. The molecule has 78 valence electrons. The van der Waals surface area contributed by atoms with Gasteiger partial charge >= 0.3 is 0 Å². The molecule has 0 aliphatic heterocycles. The Morgan fingerprint density at radius 2 is 1.73 bits per heavy atom. The fraction of sp³-hybridized carbons (Fsp3) is 0.385. The number of carbonyl (C=O) groups excluding carboxylic acids is 2. The van der Waals surface area contributed by atoms with Crippen LogP contribution in [0.25, 0.3) is 0 Å². The van der Waals surface area contributed by atoms with Crippen molar-refractivity contribution in [2.45, 2.75) is 26.7 Å². The Balaban J connectivity index is 2.56. The molecule has 1 aliphatic rings. The highest BCUT2D eigenvalue weighted by Gasteiger charge is 2.32. The van der Waals surface area contributed by atoms with E-state index in [2.05, 4.69) is 0 Å². The monoisotopic (exact) mass is 202 g/mol. The maximum absolute atomic E-state index is 11.8. The first-order valence-electron chi connectivity index (χ1n) is 5.15. The maximum atomic E-state index is 11.8. The third-order valence-corrected chi connectivity index (χ3v) is 2.82. The molecule has 0 bridgehead atoms. The lowest BCUT2D eigenvalue weighted by Gasteiger charge is -2.20. The zero-order valence-corrected chi connectivity index (χ0v) is 9.04. The molecule has 0 unspecified atom stereocenters. The molecular formula is C13H14O2. The standard InChI is InChI=1S/C13H14O2/c1-13(2)7-9-5-3-4-6-10(9)12(15)11(14)8-13/h3-6H,7-8H2,1-2H3. The Bertz CT molecular complexity index is 430. The van der Waals surface area contributed by atoms with E-state index in [4.69, 9.17) is 0 Å². The first-order chi connectivity index (χ1) is 6.99. The SMILES string of the molecule is CC1(C)CC(=O)C(=O)c2ccccc2C1. The largest absolute Gasteiger partial charge is 0.290 e. The lowest BCUT2D eigenvalue weighted by atomic mass is 9.83. The zero-order chi connectivity index (χ0) is 11.1. The summed E-state index contributed by atoms with van der Waals surface area (Å²) in [4.78, 5) is 23.4. The number of Topliss-reactive ketones (excluding diaryl/α,β-unsaturated/α-hetero) is 2. The molecular weight excluding hydrogens is 188 g/mol. The van der Waals surface area contributed by atoms with E-state index in [-0.39, 0.29) is 17.0 Å². The molecule has 0 saturated carbocycles. The highest BCUT2D eigenvalue weighted by atomic mass is 16.2. The van der Waals surface area contributed by atoms with Gasteiger partial charge in [-0.2, -0.15) is 0 Å². The molecule has 0 atom stereocenters. The Morgan fingerprint density at radius 1 is 1.07 bits per heavy atom. The second-order valence-electron chi connectivity index (χ2n) is 4.93. The molecule has 0 N–H and O–H groups in total. The molecule has 2 nitrogen and oxygen atoms in total. The Labute approximate surface area is 89.3 Å². The van der Waals surface area contributed by atoms with Gasteiger partial charge in [-0.15, -0.1) is 0 Å². The summed E-state index contributed by atoms with van der Waals surface area (Å²) < 4.78 is 0. The van der Waals surface area contributed by atoms with E-state index < -0.39 is 0 Å². The van der Waals surface area contributed by atoms with Crippen molar-refractivity contribution in [3.8, 4) is 0 Å². The van der Waals surface area contributed by atoms with Gasteiger partial charge in [-0.3, -0.25) is 9.59 Å². The van der Waals surface area contributed by atoms with Gasteiger partial charge in [-0.25, -0.2) is 0 Å². The summed E-state index contributed by atoms with van der Waals surface area (Å²) in [5.41, 5.74) is 1.48. The van der Waals surface area contributed by atoms with Crippen molar-refractivity contribution in [3.63, 3.8) is 0 Å². The van der Waals surface area contributed by atoms with E-state index in [1.165, 1.54) is 0 Å². The van der Waals surface area contributed by atoms with Crippen molar-refractivity contribution < 1.29 is 9.59 Å². The highest BCUT2D eigenvalue weighted by Crippen LogP contribution is 2.31. The molecule has 1 aromatic rings. The normalized spacial score (nSPS) is 19.6. The van der Waals surface area contributed by atoms with Crippen LogP contribution >= 0.6 is 0 Å². The molecule has 15 heavy (non-hydrogen) atoms. The molecule has 0 amide bonds. The lowest BCUT2D eigenvalue weighted by molar-refractivity contribution is -0.116. The maximum Gasteiger partial charge on any atom is 0.228 e. The molecule has 1 aromatic carbocycles. The van der Waals surface area contributed by atoms with E-state index in [1.807, 2.05) is 32.0 Å². The van der Waals surface area contributed by atoms with Crippen LogP contribution in [0, 0.1) is 5.41 Å².